The molecule has 1 heterocycles. The van der Waals surface area contributed by atoms with Crippen LogP contribution in [0.1, 0.15) is 40.5 Å². The molecular weight excluding hydrogens is 222 g/mol. The molecule has 5 nitrogen and oxygen atoms in total. The summed E-state index contributed by atoms with van der Waals surface area (Å²) in [6.45, 7) is 8.53. The number of carbonyl (C=O) groups is 1. The maximum absolute atomic E-state index is 11.6. The van der Waals surface area contributed by atoms with Gasteiger partial charge in [0.1, 0.15) is 5.60 Å². The van der Waals surface area contributed by atoms with Crippen molar-refractivity contribution in [1.29, 1.82) is 0 Å². The van der Waals surface area contributed by atoms with E-state index >= 15 is 0 Å². The summed E-state index contributed by atoms with van der Waals surface area (Å²) in [5, 5.41) is 16.9. The van der Waals surface area contributed by atoms with Gasteiger partial charge in [0.2, 0.25) is 0 Å². The third-order valence-electron chi connectivity index (χ3n) is 2.05. The first kappa shape index (κ1) is 16.2. The molecule has 1 saturated heterocycles. The highest BCUT2D eigenvalue weighted by molar-refractivity contribution is 5.68. The molecule has 1 atom stereocenters. The van der Waals surface area contributed by atoms with Gasteiger partial charge in [-0.25, -0.2) is 4.79 Å². The summed E-state index contributed by atoms with van der Waals surface area (Å²) in [5.74, 6) is 0. The van der Waals surface area contributed by atoms with Gasteiger partial charge in [0.15, 0.2) is 0 Å². The van der Waals surface area contributed by atoms with E-state index in [0.29, 0.717) is 13.1 Å². The molecule has 2 N–H and O–H groups in total. The van der Waals surface area contributed by atoms with Gasteiger partial charge in [0.05, 0.1) is 6.10 Å². The van der Waals surface area contributed by atoms with Crippen LogP contribution in [0.15, 0.2) is 0 Å². The number of amides is 1. The van der Waals surface area contributed by atoms with E-state index in [0.717, 1.165) is 12.8 Å². The zero-order valence-corrected chi connectivity index (χ0v) is 11.3. The van der Waals surface area contributed by atoms with Crippen molar-refractivity contribution in [1.82, 2.24) is 4.90 Å². The van der Waals surface area contributed by atoms with Gasteiger partial charge in [-0.15, -0.1) is 0 Å². The molecule has 17 heavy (non-hydrogen) atoms. The van der Waals surface area contributed by atoms with Crippen molar-refractivity contribution < 1.29 is 19.7 Å². The number of aliphatic hydroxyl groups excluding tert-OH is 2. The Morgan fingerprint density at radius 2 is 2.00 bits per heavy atom. The molecule has 0 bridgehead atoms. The lowest BCUT2D eigenvalue weighted by Gasteiger charge is -2.32. The Bertz CT molecular complexity index is 225. The molecule has 1 rings (SSSR count). The van der Waals surface area contributed by atoms with E-state index < -0.39 is 11.7 Å². The fraction of sp³-hybridized carbons (Fsp3) is 0.917. The van der Waals surface area contributed by atoms with Crippen molar-refractivity contribution in [2.24, 2.45) is 0 Å². The quantitative estimate of drug-likeness (QED) is 0.678. The number of piperidine rings is 1. The summed E-state index contributed by atoms with van der Waals surface area (Å²) < 4.78 is 5.20. The lowest BCUT2D eigenvalue weighted by atomic mass is 10.1. The van der Waals surface area contributed by atoms with Gasteiger partial charge in [0.25, 0.3) is 0 Å². The predicted octanol–water partition coefficient (Wildman–Crippen LogP) is 1.38. The van der Waals surface area contributed by atoms with E-state index in [9.17, 15) is 9.90 Å². The minimum atomic E-state index is -0.459. The standard InChI is InChI=1S/C10H19NO3.C2H6O/c1-10(2,3)14-9(13)11-6-4-5-8(12)7-11;1-2-3/h8,12H,4-7H2,1-3H3;3H,2H2,1H3/t8-;/m0./s1. The highest BCUT2D eigenvalue weighted by Crippen LogP contribution is 2.14. The van der Waals surface area contributed by atoms with Crippen LogP contribution in [-0.4, -0.2) is 52.6 Å². The fourth-order valence-corrected chi connectivity index (χ4v) is 1.45. The van der Waals surface area contributed by atoms with Crippen LogP contribution in [0, 0.1) is 0 Å². The number of β-amino-alcohol motifs (C(OH)–C–C–N with tert-alkyl or cyclic N) is 1. The lowest BCUT2D eigenvalue weighted by Crippen LogP contribution is -2.44. The zero-order chi connectivity index (χ0) is 13.5. The van der Waals surface area contributed by atoms with Crippen LogP contribution < -0.4 is 0 Å². The van der Waals surface area contributed by atoms with Crippen molar-refractivity contribution in [3.05, 3.63) is 0 Å². The topological polar surface area (TPSA) is 70.0 Å². The zero-order valence-electron chi connectivity index (χ0n) is 11.3. The van der Waals surface area contributed by atoms with Crippen molar-refractivity contribution in [3.63, 3.8) is 0 Å². The lowest BCUT2D eigenvalue weighted by molar-refractivity contribution is 0.00391. The number of hydrogen-bond donors (Lipinski definition) is 2. The second kappa shape index (κ2) is 7.50. The van der Waals surface area contributed by atoms with Crippen molar-refractivity contribution in [3.8, 4) is 0 Å². The van der Waals surface area contributed by atoms with Crippen LogP contribution in [0.3, 0.4) is 0 Å². The van der Waals surface area contributed by atoms with Gasteiger partial charge in [-0.1, -0.05) is 0 Å². The highest BCUT2D eigenvalue weighted by atomic mass is 16.6. The average Bonchev–Trinajstić information content (AvgIpc) is 2.16. The Hall–Kier alpha value is -0.810. The summed E-state index contributed by atoms with van der Waals surface area (Å²) in [7, 11) is 0. The van der Waals surface area contributed by atoms with Gasteiger partial charge in [-0.3, -0.25) is 0 Å². The van der Waals surface area contributed by atoms with Gasteiger partial charge in [-0.2, -0.15) is 0 Å². The Balaban J connectivity index is 0.000000770. The number of ether oxygens (including phenoxy) is 1. The number of rotatable bonds is 0. The van der Waals surface area contributed by atoms with Crippen LogP contribution in [0.5, 0.6) is 0 Å². The molecule has 0 saturated carbocycles. The molecule has 0 unspecified atom stereocenters. The molecular formula is C12H25NO4. The van der Waals surface area contributed by atoms with E-state index in [2.05, 4.69) is 0 Å². The summed E-state index contributed by atoms with van der Waals surface area (Å²) in [6, 6.07) is 0. The van der Waals surface area contributed by atoms with Crippen LogP contribution in [-0.2, 0) is 4.74 Å². The van der Waals surface area contributed by atoms with Gasteiger partial charge < -0.3 is 19.8 Å². The Labute approximate surface area is 103 Å². The molecule has 1 fully saturated rings. The minimum Gasteiger partial charge on any atom is -0.444 e. The molecule has 0 aliphatic carbocycles. The van der Waals surface area contributed by atoms with E-state index in [4.69, 9.17) is 9.84 Å². The first-order valence-electron chi connectivity index (χ1n) is 6.07. The third-order valence-corrected chi connectivity index (χ3v) is 2.05. The second-order valence-corrected chi connectivity index (χ2v) is 5.04. The Morgan fingerprint density at radius 1 is 1.47 bits per heavy atom. The van der Waals surface area contributed by atoms with Gasteiger partial charge in [-0.05, 0) is 40.5 Å². The highest BCUT2D eigenvalue weighted by Gasteiger charge is 2.26. The van der Waals surface area contributed by atoms with Crippen LogP contribution in [0.4, 0.5) is 4.79 Å². The number of hydrogen-bond acceptors (Lipinski definition) is 4. The first-order chi connectivity index (χ1) is 7.80. The van der Waals surface area contributed by atoms with E-state index in [1.807, 2.05) is 20.8 Å². The second-order valence-electron chi connectivity index (χ2n) is 5.04. The molecule has 0 aromatic heterocycles. The molecule has 5 heteroatoms. The first-order valence-corrected chi connectivity index (χ1v) is 6.07. The number of nitrogens with zero attached hydrogens (tertiary/aromatic N) is 1. The maximum atomic E-state index is 11.6. The SMILES string of the molecule is CC(C)(C)OC(=O)N1CCC[C@H](O)C1.CCO. The monoisotopic (exact) mass is 247 g/mol. The van der Waals surface area contributed by atoms with E-state index in [-0.39, 0.29) is 12.7 Å². The Morgan fingerprint density at radius 3 is 2.41 bits per heavy atom. The maximum Gasteiger partial charge on any atom is 0.410 e. The molecule has 0 spiro atoms. The molecule has 102 valence electrons. The minimum absolute atomic E-state index is 0.250. The summed E-state index contributed by atoms with van der Waals surface area (Å²) in [4.78, 5) is 13.1. The van der Waals surface area contributed by atoms with E-state index in [1.165, 1.54) is 0 Å². The van der Waals surface area contributed by atoms with E-state index in [1.54, 1.807) is 11.8 Å². The van der Waals surface area contributed by atoms with Gasteiger partial charge in [0, 0.05) is 19.7 Å². The number of aliphatic hydroxyl groups is 2. The molecule has 0 aromatic carbocycles. The summed E-state index contributed by atoms with van der Waals surface area (Å²) in [6.07, 6.45) is 0.909. The average molecular weight is 247 g/mol. The van der Waals surface area contributed by atoms with Gasteiger partial charge >= 0.3 is 6.09 Å². The van der Waals surface area contributed by atoms with Crippen molar-refractivity contribution in [2.75, 3.05) is 19.7 Å². The summed E-state index contributed by atoms with van der Waals surface area (Å²) in [5.41, 5.74) is -0.459. The van der Waals surface area contributed by atoms with Crippen LogP contribution >= 0.6 is 0 Å². The normalized spacial score (nSPS) is 20.4. The molecule has 1 aliphatic heterocycles. The van der Waals surface area contributed by atoms with Crippen molar-refractivity contribution >= 4 is 6.09 Å². The third kappa shape index (κ3) is 7.99. The summed E-state index contributed by atoms with van der Waals surface area (Å²) >= 11 is 0. The number of likely N-dealkylation sites (tertiary alicyclic amines) is 1. The molecule has 1 aliphatic rings. The smallest absolute Gasteiger partial charge is 0.410 e. The van der Waals surface area contributed by atoms with Crippen molar-refractivity contribution in [2.45, 2.75) is 52.2 Å². The molecule has 0 radical (unpaired) electrons. The van der Waals surface area contributed by atoms with Crippen LogP contribution in [0.25, 0.3) is 0 Å². The number of carbonyl (C=O) groups excluding carboxylic acids is 1. The van der Waals surface area contributed by atoms with Crippen LogP contribution in [0.2, 0.25) is 0 Å². The molecule has 1 amide bonds. The Kier molecular flexibility index (Phi) is 7.15. The predicted molar refractivity (Wildman–Crippen MR) is 65.8 cm³/mol. The largest absolute Gasteiger partial charge is 0.444 e. The fourth-order valence-electron chi connectivity index (χ4n) is 1.45. The molecule has 0 aromatic rings.